The molecule has 72 valence electrons. The summed E-state index contributed by atoms with van der Waals surface area (Å²) in [7, 11) is 0. The largest absolute Gasteiger partial charge is 0.508 e. The van der Waals surface area contributed by atoms with Crippen LogP contribution >= 0.6 is 0 Å². The number of benzene rings is 1. The number of aryl methyl sites for hydroxylation is 1. The zero-order chi connectivity index (χ0) is 10.6. The molecule has 0 aliphatic heterocycles. The summed E-state index contributed by atoms with van der Waals surface area (Å²) >= 11 is 0. The van der Waals surface area contributed by atoms with Crippen LogP contribution in [-0.2, 0) is 11.2 Å². The molecule has 0 saturated heterocycles. The van der Waals surface area contributed by atoms with Gasteiger partial charge in [-0.1, -0.05) is 0 Å². The molecule has 14 heavy (non-hydrogen) atoms. The van der Waals surface area contributed by atoms with Gasteiger partial charge in [0.15, 0.2) is 0 Å². The number of nitriles is 1. The van der Waals surface area contributed by atoms with Crippen LogP contribution in [0.3, 0.4) is 0 Å². The van der Waals surface area contributed by atoms with Crippen LogP contribution in [0.1, 0.15) is 17.5 Å². The van der Waals surface area contributed by atoms with Crippen LogP contribution in [-0.4, -0.2) is 16.5 Å². The maximum absolute atomic E-state index is 10.1. The lowest BCUT2D eigenvalue weighted by Crippen LogP contribution is -1.89. The molecular formula is C10H9NO3. The minimum Gasteiger partial charge on any atom is -0.508 e. The fraction of sp³-hybridized carbons (Fsp3) is 0.200. The van der Waals surface area contributed by atoms with E-state index in [1.807, 2.05) is 0 Å². The van der Waals surface area contributed by atoms with Crippen LogP contribution in [0.15, 0.2) is 12.1 Å². The Bertz CT molecular complexity index is 393. The Hall–Kier alpha value is -2.02. The van der Waals surface area contributed by atoms with E-state index in [1.54, 1.807) is 6.07 Å². The van der Waals surface area contributed by atoms with E-state index in [1.165, 1.54) is 6.07 Å². The summed E-state index contributed by atoms with van der Waals surface area (Å²) in [4.78, 5) is 10.1. The number of carbonyl (C=O) groups is 1. The maximum atomic E-state index is 10.1. The third-order valence-electron chi connectivity index (χ3n) is 1.85. The van der Waals surface area contributed by atoms with Gasteiger partial charge in [0.1, 0.15) is 23.9 Å². The maximum Gasteiger partial charge on any atom is 0.137 e. The van der Waals surface area contributed by atoms with Crippen molar-refractivity contribution in [3.63, 3.8) is 0 Å². The third-order valence-corrected chi connectivity index (χ3v) is 1.85. The van der Waals surface area contributed by atoms with E-state index < -0.39 is 0 Å². The number of phenolic OH excluding ortho intramolecular Hbond substituents is 2. The second-order valence-electron chi connectivity index (χ2n) is 2.82. The van der Waals surface area contributed by atoms with Gasteiger partial charge in [0.2, 0.25) is 0 Å². The van der Waals surface area contributed by atoms with Gasteiger partial charge in [0.05, 0.1) is 5.56 Å². The number of nitrogens with zero attached hydrogens (tertiary/aromatic N) is 1. The Morgan fingerprint density at radius 1 is 1.36 bits per heavy atom. The van der Waals surface area contributed by atoms with Crippen LogP contribution in [0.25, 0.3) is 0 Å². The first-order valence-corrected chi connectivity index (χ1v) is 4.07. The Balaban J connectivity index is 3.05. The van der Waals surface area contributed by atoms with Gasteiger partial charge < -0.3 is 15.0 Å². The summed E-state index contributed by atoms with van der Waals surface area (Å²) in [6.07, 6.45) is 1.38. The van der Waals surface area contributed by atoms with Gasteiger partial charge in [0.25, 0.3) is 0 Å². The predicted octanol–water partition coefficient (Wildman–Crippen LogP) is 1.10. The summed E-state index contributed by atoms with van der Waals surface area (Å²) < 4.78 is 0. The van der Waals surface area contributed by atoms with E-state index in [4.69, 9.17) is 5.26 Å². The highest BCUT2D eigenvalue weighted by Gasteiger charge is 2.07. The highest BCUT2D eigenvalue weighted by Crippen LogP contribution is 2.27. The summed E-state index contributed by atoms with van der Waals surface area (Å²) in [5.74, 6) is -0.344. The number of aromatic hydroxyl groups is 2. The Kier molecular flexibility index (Phi) is 3.08. The molecule has 0 radical (unpaired) electrons. The molecule has 0 amide bonds. The van der Waals surface area contributed by atoms with Gasteiger partial charge in [-0.3, -0.25) is 0 Å². The van der Waals surface area contributed by atoms with Gasteiger partial charge >= 0.3 is 0 Å². The molecular weight excluding hydrogens is 182 g/mol. The van der Waals surface area contributed by atoms with Gasteiger partial charge in [-0.05, 0) is 18.1 Å². The van der Waals surface area contributed by atoms with Crippen molar-refractivity contribution in [1.82, 2.24) is 0 Å². The molecule has 0 heterocycles. The van der Waals surface area contributed by atoms with Crippen molar-refractivity contribution >= 4 is 6.29 Å². The van der Waals surface area contributed by atoms with E-state index in [9.17, 15) is 15.0 Å². The average molecular weight is 191 g/mol. The number of phenols is 2. The lowest BCUT2D eigenvalue weighted by atomic mass is 10.1. The molecule has 4 heteroatoms. The number of hydrogen-bond acceptors (Lipinski definition) is 4. The Morgan fingerprint density at radius 3 is 2.64 bits per heavy atom. The normalized spacial score (nSPS) is 9.36. The molecule has 0 saturated carbocycles. The average Bonchev–Trinajstić information content (AvgIpc) is 2.17. The molecule has 1 aromatic carbocycles. The second kappa shape index (κ2) is 4.28. The lowest BCUT2D eigenvalue weighted by molar-refractivity contribution is -0.107. The van der Waals surface area contributed by atoms with Crippen LogP contribution < -0.4 is 0 Å². The molecule has 0 aromatic heterocycles. The monoisotopic (exact) mass is 191 g/mol. The van der Waals surface area contributed by atoms with Crippen LogP contribution in [0.4, 0.5) is 0 Å². The molecule has 1 aromatic rings. The smallest absolute Gasteiger partial charge is 0.137 e. The van der Waals surface area contributed by atoms with E-state index >= 15 is 0 Å². The van der Waals surface area contributed by atoms with Gasteiger partial charge in [-0.15, -0.1) is 0 Å². The molecule has 0 unspecified atom stereocenters. The second-order valence-corrected chi connectivity index (χ2v) is 2.82. The number of carbonyl (C=O) groups excluding carboxylic acids is 1. The first-order chi connectivity index (χ1) is 6.69. The predicted molar refractivity (Wildman–Crippen MR) is 48.9 cm³/mol. The quantitative estimate of drug-likeness (QED) is 0.701. The standard InChI is InChI=1S/C10H9NO3/c11-6-8-4-7(2-1-3-12)9(13)5-10(8)14/h3-5,13-14H,1-2H2. The Morgan fingerprint density at radius 2 is 2.07 bits per heavy atom. The minimum atomic E-state index is -0.250. The number of aldehydes is 1. The molecule has 2 N–H and O–H groups in total. The molecule has 0 bridgehead atoms. The fourth-order valence-electron chi connectivity index (χ4n) is 1.13. The highest BCUT2D eigenvalue weighted by molar-refractivity contribution is 5.54. The first kappa shape index (κ1) is 10.1. The van der Waals surface area contributed by atoms with Gasteiger partial charge in [-0.25, -0.2) is 0 Å². The Labute approximate surface area is 81.0 Å². The summed E-state index contributed by atoms with van der Waals surface area (Å²) in [6.45, 7) is 0. The molecule has 0 fully saturated rings. The van der Waals surface area contributed by atoms with Crippen molar-refractivity contribution in [2.45, 2.75) is 12.8 Å². The van der Waals surface area contributed by atoms with Crippen molar-refractivity contribution in [3.8, 4) is 17.6 Å². The zero-order valence-electron chi connectivity index (χ0n) is 7.40. The topological polar surface area (TPSA) is 81.3 Å². The molecule has 0 aliphatic rings. The van der Waals surface area contributed by atoms with Crippen LogP contribution in [0.5, 0.6) is 11.5 Å². The van der Waals surface area contributed by atoms with Crippen molar-refractivity contribution in [1.29, 1.82) is 5.26 Å². The lowest BCUT2D eigenvalue weighted by Gasteiger charge is -2.04. The summed E-state index contributed by atoms with van der Waals surface area (Å²) in [6, 6.07) is 4.28. The van der Waals surface area contributed by atoms with E-state index in [0.717, 1.165) is 12.4 Å². The van der Waals surface area contributed by atoms with E-state index in [-0.39, 0.29) is 23.5 Å². The van der Waals surface area contributed by atoms with Crippen molar-refractivity contribution in [3.05, 3.63) is 23.3 Å². The van der Waals surface area contributed by atoms with Crippen LogP contribution in [0.2, 0.25) is 0 Å². The van der Waals surface area contributed by atoms with Gasteiger partial charge in [-0.2, -0.15) is 5.26 Å². The van der Waals surface area contributed by atoms with Crippen molar-refractivity contribution < 1.29 is 15.0 Å². The number of rotatable bonds is 3. The first-order valence-electron chi connectivity index (χ1n) is 4.07. The minimum absolute atomic E-state index is 0.0941. The molecule has 0 atom stereocenters. The van der Waals surface area contributed by atoms with Crippen molar-refractivity contribution in [2.75, 3.05) is 0 Å². The molecule has 0 spiro atoms. The summed E-state index contributed by atoms with van der Waals surface area (Å²) in [5.41, 5.74) is 0.593. The fourth-order valence-corrected chi connectivity index (χ4v) is 1.13. The summed E-state index contributed by atoms with van der Waals surface area (Å²) in [5, 5.41) is 27.1. The van der Waals surface area contributed by atoms with Gasteiger partial charge in [0, 0.05) is 12.5 Å². The van der Waals surface area contributed by atoms with E-state index in [0.29, 0.717) is 12.0 Å². The third kappa shape index (κ3) is 2.02. The molecule has 1 rings (SSSR count). The molecule has 4 nitrogen and oxygen atoms in total. The van der Waals surface area contributed by atoms with E-state index in [2.05, 4.69) is 0 Å². The zero-order valence-corrected chi connectivity index (χ0v) is 7.40. The number of hydrogen-bond donors (Lipinski definition) is 2. The molecule has 0 aliphatic carbocycles. The highest BCUT2D eigenvalue weighted by atomic mass is 16.3. The van der Waals surface area contributed by atoms with Crippen LogP contribution in [0, 0.1) is 11.3 Å². The van der Waals surface area contributed by atoms with Crippen molar-refractivity contribution in [2.24, 2.45) is 0 Å². The SMILES string of the molecule is N#Cc1cc(CCC=O)c(O)cc1O.